The van der Waals surface area contributed by atoms with Gasteiger partial charge in [-0.3, -0.25) is 4.68 Å². The van der Waals surface area contributed by atoms with Crippen molar-refractivity contribution in [3.63, 3.8) is 0 Å². The Labute approximate surface area is 122 Å². The van der Waals surface area contributed by atoms with E-state index in [1.54, 1.807) is 13.3 Å². The van der Waals surface area contributed by atoms with Crippen molar-refractivity contribution in [1.29, 1.82) is 0 Å². The second kappa shape index (κ2) is 5.88. The molecule has 2 heterocycles. The number of methoxy groups -OCH3 is 1. The number of ether oxygens (including phenoxy) is 1. The van der Waals surface area contributed by atoms with Gasteiger partial charge in [-0.25, -0.2) is 0 Å². The predicted octanol–water partition coefficient (Wildman–Crippen LogP) is 2.52. The standard InChI is InChI=1S/C15H17N5O/c1-11-13-5-3-4-6-14(13)15(19-18-11)17-12-9-16-20(10-12)7-8-21-2/h3-6,9-10H,7-8H2,1-2H3,(H,17,19). The number of fused-ring (bicyclic) bond motifs is 1. The SMILES string of the molecule is COCCn1cc(Nc2nnc(C)c3ccccc23)cn1. The highest BCUT2D eigenvalue weighted by Crippen LogP contribution is 2.24. The molecule has 6 nitrogen and oxygen atoms in total. The molecule has 0 aliphatic heterocycles. The van der Waals surface area contributed by atoms with Crippen LogP contribution in [0.5, 0.6) is 0 Å². The maximum absolute atomic E-state index is 5.04. The quantitative estimate of drug-likeness (QED) is 0.779. The average molecular weight is 283 g/mol. The number of nitrogens with one attached hydrogen (secondary N) is 1. The fourth-order valence-electron chi connectivity index (χ4n) is 2.20. The highest BCUT2D eigenvalue weighted by molar-refractivity contribution is 5.94. The van der Waals surface area contributed by atoms with Crippen LogP contribution < -0.4 is 5.32 Å². The molecular formula is C15H17N5O. The Kier molecular flexibility index (Phi) is 3.79. The topological polar surface area (TPSA) is 64.9 Å². The Morgan fingerprint density at radius 2 is 2.00 bits per heavy atom. The molecule has 3 rings (SSSR count). The van der Waals surface area contributed by atoms with Crippen molar-refractivity contribution >= 4 is 22.3 Å². The summed E-state index contributed by atoms with van der Waals surface area (Å²) in [5.74, 6) is 0.738. The first kappa shape index (κ1) is 13.5. The van der Waals surface area contributed by atoms with Gasteiger partial charge in [-0.05, 0) is 6.92 Å². The molecule has 0 saturated carbocycles. The van der Waals surface area contributed by atoms with Crippen LogP contribution in [0.1, 0.15) is 5.69 Å². The molecular weight excluding hydrogens is 266 g/mol. The van der Waals surface area contributed by atoms with Gasteiger partial charge in [0.2, 0.25) is 0 Å². The maximum Gasteiger partial charge on any atom is 0.161 e. The molecule has 0 unspecified atom stereocenters. The fourth-order valence-corrected chi connectivity index (χ4v) is 2.20. The second-order valence-corrected chi connectivity index (χ2v) is 4.79. The summed E-state index contributed by atoms with van der Waals surface area (Å²) in [6.45, 7) is 3.31. The molecule has 1 aromatic carbocycles. The van der Waals surface area contributed by atoms with E-state index in [-0.39, 0.29) is 0 Å². The van der Waals surface area contributed by atoms with Crippen LogP contribution in [0.2, 0.25) is 0 Å². The minimum absolute atomic E-state index is 0.633. The molecule has 0 atom stereocenters. The summed E-state index contributed by atoms with van der Waals surface area (Å²) in [6, 6.07) is 8.08. The van der Waals surface area contributed by atoms with Crippen LogP contribution in [0, 0.1) is 6.92 Å². The van der Waals surface area contributed by atoms with Crippen LogP contribution in [-0.4, -0.2) is 33.7 Å². The van der Waals surface area contributed by atoms with Gasteiger partial charge in [0.05, 0.1) is 30.7 Å². The molecule has 0 fully saturated rings. The summed E-state index contributed by atoms with van der Waals surface area (Å²) in [7, 11) is 1.68. The minimum Gasteiger partial charge on any atom is -0.383 e. The zero-order chi connectivity index (χ0) is 14.7. The van der Waals surface area contributed by atoms with E-state index in [2.05, 4.69) is 20.6 Å². The molecule has 1 N–H and O–H groups in total. The van der Waals surface area contributed by atoms with Crippen molar-refractivity contribution in [2.24, 2.45) is 0 Å². The molecule has 108 valence electrons. The summed E-state index contributed by atoms with van der Waals surface area (Å²) in [6.07, 6.45) is 3.70. The van der Waals surface area contributed by atoms with Crippen LogP contribution in [0.15, 0.2) is 36.7 Å². The molecule has 21 heavy (non-hydrogen) atoms. The van der Waals surface area contributed by atoms with E-state index >= 15 is 0 Å². The highest BCUT2D eigenvalue weighted by atomic mass is 16.5. The molecule has 0 aliphatic rings. The predicted molar refractivity (Wildman–Crippen MR) is 81.7 cm³/mol. The molecule has 0 amide bonds. The van der Waals surface area contributed by atoms with E-state index in [0.29, 0.717) is 6.61 Å². The Hall–Kier alpha value is -2.47. The number of aryl methyl sites for hydroxylation is 1. The van der Waals surface area contributed by atoms with Crippen LogP contribution >= 0.6 is 0 Å². The van der Waals surface area contributed by atoms with Crippen LogP contribution in [-0.2, 0) is 11.3 Å². The molecule has 2 aromatic heterocycles. The Morgan fingerprint density at radius 1 is 1.19 bits per heavy atom. The van der Waals surface area contributed by atoms with Crippen LogP contribution in [0.4, 0.5) is 11.5 Å². The van der Waals surface area contributed by atoms with Gasteiger partial charge >= 0.3 is 0 Å². The molecule has 3 aromatic rings. The lowest BCUT2D eigenvalue weighted by Crippen LogP contribution is -2.04. The van der Waals surface area contributed by atoms with E-state index < -0.39 is 0 Å². The number of hydrogen-bond donors (Lipinski definition) is 1. The smallest absolute Gasteiger partial charge is 0.161 e. The summed E-state index contributed by atoms with van der Waals surface area (Å²) in [4.78, 5) is 0. The normalized spacial score (nSPS) is 11.0. The fraction of sp³-hybridized carbons (Fsp3) is 0.267. The van der Waals surface area contributed by atoms with Gasteiger partial charge in [0.25, 0.3) is 0 Å². The van der Waals surface area contributed by atoms with Gasteiger partial charge in [-0.15, -0.1) is 5.10 Å². The third-order valence-corrected chi connectivity index (χ3v) is 3.29. The number of rotatable bonds is 5. The third-order valence-electron chi connectivity index (χ3n) is 3.29. The second-order valence-electron chi connectivity index (χ2n) is 4.79. The van der Waals surface area contributed by atoms with E-state index in [1.807, 2.05) is 42.1 Å². The Bertz CT molecular complexity index is 753. The van der Waals surface area contributed by atoms with Crippen LogP contribution in [0.25, 0.3) is 10.8 Å². The van der Waals surface area contributed by atoms with Crippen molar-refractivity contribution in [3.05, 3.63) is 42.4 Å². The summed E-state index contributed by atoms with van der Waals surface area (Å²) < 4.78 is 6.87. The lowest BCUT2D eigenvalue weighted by atomic mass is 10.1. The molecule has 6 heteroatoms. The van der Waals surface area contributed by atoms with Crippen molar-refractivity contribution < 1.29 is 4.74 Å². The number of benzene rings is 1. The van der Waals surface area contributed by atoms with E-state index in [4.69, 9.17) is 4.74 Å². The van der Waals surface area contributed by atoms with E-state index in [0.717, 1.165) is 34.5 Å². The lowest BCUT2D eigenvalue weighted by molar-refractivity contribution is 0.183. The number of hydrogen-bond acceptors (Lipinski definition) is 5. The third kappa shape index (κ3) is 2.85. The molecule has 0 saturated heterocycles. The van der Waals surface area contributed by atoms with E-state index in [1.165, 1.54) is 0 Å². The van der Waals surface area contributed by atoms with Crippen molar-refractivity contribution in [2.75, 3.05) is 19.0 Å². The summed E-state index contributed by atoms with van der Waals surface area (Å²) >= 11 is 0. The van der Waals surface area contributed by atoms with Gasteiger partial charge in [0.1, 0.15) is 0 Å². The van der Waals surface area contributed by atoms with Crippen LogP contribution in [0.3, 0.4) is 0 Å². The molecule has 0 aliphatic carbocycles. The first-order chi connectivity index (χ1) is 10.3. The molecule has 0 spiro atoms. The average Bonchev–Trinajstić information content (AvgIpc) is 2.96. The lowest BCUT2D eigenvalue weighted by Gasteiger charge is -2.07. The summed E-state index contributed by atoms with van der Waals surface area (Å²) in [5, 5.41) is 18.1. The van der Waals surface area contributed by atoms with Crippen molar-refractivity contribution in [1.82, 2.24) is 20.0 Å². The molecule has 0 bridgehead atoms. The largest absolute Gasteiger partial charge is 0.383 e. The van der Waals surface area contributed by atoms with Gasteiger partial charge in [-0.1, -0.05) is 24.3 Å². The van der Waals surface area contributed by atoms with Gasteiger partial charge < -0.3 is 10.1 Å². The van der Waals surface area contributed by atoms with Crippen molar-refractivity contribution in [3.8, 4) is 0 Å². The van der Waals surface area contributed by atoms with E-state index in [9.17, 15) is 0 Å². The monoisotopic (exact) mass is 283 g/mol. The Balaban J connectivity index is 1.88. The maximum atomic E-state index is 5.04. The number of anilines is 2. The zero-order valence-corrected chi connectivity index (χ0v) is 12.1. The number of nitrogens with zero attached hydrogens (tertiary/aromatic N) is 4. The molecule has 0 radical (unpaired) electrons. The first-order valence-electron chi connectivity index (χ1n) is 6.78. The summed E-state index contributed by atoms with van der Waals surface area (Å²) in [5.41, 5.74) is 1.81. The highest BCUT2D eigenvalue weighted by Gasteiger charge is 2.07. The van der Waals surface area contributed by atoms with Crippen molar-refractivity contribution in [2.45, 2.75) is 13.5 Å². The first-order valence-corrected chi connectivity index (χ1v) is 6.78. The van der Waals surface area contributed by atoms with Gasteiger partial charge in [-0.2, -0.15) is 10.2 Å². The van der Waals surface area contributed by atoms with Gasteiger partial charge in [0, 0.05) is 24.1 Å². The zero-order valence-electron chi connectivity index (χ0n) is 12.1. The minimum atomic E-state index is 0.633. The number of aromatic nitrogens is 4. The Morgan fingerprint density at radius 3 is 2.81 bits per heavy atom. The van der Waals surface area contributed by atoms with Gasteiger partial charge in [0.15, 0.2) is 5.82 Å².